The smallest absolute Gasteiger partial charge is 0.255 e. The highest BCUT2D eigenvalue weighted by atomic mass is 32.2. The molecule has 5 rings (SSSR count). The van der Waals surface area contributed by atoms with Gasteiger partial charge in [-0.25, -0.2) is 8.42 Å². The van der Waals surface area contributed by atoms with E-state index in [4.69, 9.17) is 0 Å². The maximum atomic E-state index is 13.2. The number of likely N-dealkylation sites (N-methyl/N-ethyl adjacent to an activating group) is 1. The van der Waals surface area contributed by atoms with Gasteiger partial charge in [0.2, 0.25) is 9.84 Å². The van der Waals surface area contributed by atoms with E-state index in [1.165, 1.54) is 30.3 Å². The SMILES string of the molecule is CCN1CCN(c2ccc(NC(=O)c3ccc4c(c3)S(=O)(=O)c3ccccc3C4=O)cc2C)CC1. The third-order valence-electron chi connectivity index (χ3n) is 6.81. The van der Waals surface area contributed by atoms with E-state index < -0.39 is 15.7 Å². The second-order valence-electron chi connectivity index (χ2n) is 8.92. The Morgan fingerprint density at radius 2 is 1.63 bits per heavy atom. The lowest BCUT2D eigenvalue weighted by Gasteiger charge is -2.36. The molecule has 0 radical (unpaired) electrons. The molecule has 1 N–H and O–H groups in total. The first-order valence-corrected chi connectivity index (χ1v) is 13.2. The number of benzene rings is 3. The minimum Gasteiger partial charge on any atom is -0.369 e. The van der Waals surface area contributed by atoms with Crippen LogP contribution in [0.3, 0.4) is 0 Å². The summed E-state index contributed by atoms with van der Waals surface area (Å²) in [5.74, 6) is -0.790. The molecule has 7 nitrogen and oxygen atoms in total. The van der Waals surface area contributed by atoms with E-state index in [0.717, 1.165) is 44.0 Å². The highest BCUT2D eigenvalue weighted by Gasteiger charge is 2.35. The van der Waals surface area contributed by atoms with Crippen LogP contribution in [0.1, 0.15) is 38.8 Å². The predicted octanol–water partition coefficient (Wildman–Crippen LogP) is 3.77. The molecule has 0 aromatic heterocycles. The second-order valence-corrected chi connectivity index (χ2v) is 10.8. The molecule has 3 aromatic carbocycles. The van der Waals surface area contributed by atoms with Crippen molar-refractivity contribution in [3.8, 4) is 0 Å². The molecule has 1 saturated heterocycles. The van der Waals surface area contributed by atoms with Crippen molar-refractivity contribution in [1.29, 1.82) is 0 Å². The lowest BCUT2D eigenvalue weighted by molar-refractivity contribution is 0.101. The van der Waals surface area contributed by atoms with Crippen LogP contribution in [0.5, 0.6) is 0 Å². The van der Waals surface area contributed by atoms with Gasteiger partial charge in [-0.3, -0.25) is 9.59 Å². The Balaban J connectivity index is 1.37. The zero-order valence-corrected chi connectivity index (χ0v) is 20.6. The molecule has 0 saturated carbocycles. The van der Waals surface area contributed by atoms with Gasteiger partial charge in [0, 0.05) is 54.2 Å². The van der Waals surface area contributed by atoms with Gasteiger partial charge in [0.25, 0.3) is 5.91 Å². The van der Waals surface area contributed by atoms with Crippen molar-refractivity contribution >= 4 is 32.9 Å². The lowest BCUT2D eigenvalue weighted by Crippen LogP contribution is -2.46. The number of hydrogen-bond acceptors (Lipinski definition) is 6. The monoisotopic (exact) mass is 489 g/mol. The molecule has 0 spiro atoms. The number of carbonyl (C=O) groups is 2. The number of amides is 1. The molecule has 2 aliphatic heterocycles. The Bertz CT molecular complexity index is 1440. The highest BCUT2D eigenvalue weighted by Crippen LogP contribution is 2.35. The predicted molar refractivity (Wildman–Crippen MR) is 135 cm³/mol. The van der Waals surface area contributed by atoms with Gasteiger partial charge >= 0.3 is 0 Å². The summed E-state index contributed by atoms with van der Waals surface area (Å²) in [6.07, 6.45) is 0. The quantitative estimate of drug-likeness (QED) is 0.470. The molecule has 2 aliphatic rings. The van der Waals surface area contributed by atoms with E-state index in [9.17, 15) is 18.0 Å². The van der Waals surface area contributed by atoms with E-state index >= 15 is 0 Å². The maximum Gasteiger partial charge on any atom is 0.255 e. The molecular weight excluding hydrogens is 462 g/mol. The van der Waals surface area contributed by atoms with Gasteiger partial charge in [-0.15, -0.1) is 0 Å². The highest BCUT2D eigenvalue weighted by molar-refractivity contribution is 7.91. The van der Waals surface area contributed by atoms with Gasteiger partial charge in [-0.05, 0) is 67.6 Å². The summed E-state index contributed by atoms with van der Waals surface area (Å²) in [6.45, 7) is 9.24. The molecule has 0 aliphatic carbocycles. The van der Waals surface area contributed by atoms with Crippen LogP contribution >= 0.6 is 0 Å². The van der Waals surface area contributed by atoms with Crippen molar-refractivity contribution in [3.05, 3.63) is 82.9 Å². The first kappa shape index (κ1) is 23.3. The van der Waals surface area contributed by atoms with E-state index in [1.54, 1.807) is 12.1 Å². The van der Waals surface area contributed by atoms with Crippen LogP contribution in [0.15, 0.2) is 70.5 Å². The minimum absolute atomic E-state index is 0.0268. The summed E-state index contributed by atoms with van der Waals surface area (Å²) in [6, 6.07) is 16.2. The number of carbonyl (C=O) groups excluding carboxylic acids is 2. The molecule has 2 heterocycles. The van der Waals surface area contributed by atoms with Crippen molar-refractivity contribution in [2.45, 2.75) is 23.6 Å². The third-order valence-corrected chi connectivity index (χ3v) is 8.67. The van der Waals surface area contributed by atoms with Crippen LogP contribution in [-0.4, -0.2) is 57.7 Å². The van der Waals surface area contributed by atoms with Crippen LogP contribution in [-0.2, 0) is 9.84 Å². The zero-order chi connectivity index (χ0) is 24.7. The fourth-order valence-corrected chi connectivity index (χ4v) is 6.50. The standard InChI is InChI=1S/C27H27N3O4S/c1-3-29-12-14-30(15-13-29)23-11-9-20(16-18(23)2)28-27(32)19-8-10-22-25(17-19)35(33,34)24-7-5-4-6-21(24)26(22)31/h4-11,16-17H,3,12-15H2,1-2H3,(H,28,32). The van der Waals surface area contributed by atoms with Crippen molar-refractivity contribution in [2.75, 3.05) is 42.9 Å². The number of sulfone groups is 1. The number of anilines is 2. The van der Waals surface area contributed by atoms with Gasteiger partial charge in [0.1, 0.15) is 0 Å². The number of nitrogens with one attached hydrogen (secondary N) is 1. The maximum absolute atomic E-state index is 13.2. The molecule has 1 fully saturated rings. The molecule has 180 valence electrons. The number of ketones is 1. The van der Waals surface area contributed by atoms with E-state index in [0.29, 0.717) is 5.69 Å². The van der Waals surface area contributed by atoms with Crippen LogP contribution in [0.25, 0.3) is 0 Å². The number of rotatable bonds is 4. The topological polar surface area (TPSA) is 86.8 Å². The number of fused-ring (bicyclic) bond motifs is 2. The fraction of sp³-hybridized carbons (Fsp3) is 0.259. The van der Waals surface area contributed by atoms with E-state index in [1.807, 2.05) is 25.1 Å². The van der Waals surface area contributed by atoms with Crippen molar-refractivity contribution in [1.82, 2.24) is 4.90 Å². The summed E-state index contributed by atoms with van der Waals surface area (Å²) in [4.78, 5) is 30.4. The fourth-order valence-electron chi connectivity index (χ4n) is 4.82. The van der Waals surface area contributed by atoms with Crippen LogP contribution in [0.4, 0.5) is 11.4 Å². The van der Waals surface area contributed by atoms with Gasteiger partial charge < -0.3 is 15.1 Å². The molecule has 0 bridgehead atoms. The van der Waals surface area contributed by atoms with Gasteiger partial charge in [0.15, 0.2) is 5.78 Å². The normalized spacial score (nSPS) is 17.0. The zero-order valence-electron chi connectivity index (χ0n) is 19.7. The first-order chi connectivity index (χ1) is 16.8. The first-order valence-electron chi connectivity index (χ1n) is 11.7. The summed E-state index contributed by atoms with van der Waals surface area (Å²) in [5, 5.41) is 2.86. The van der Waals surface area contributed by atoms with E-state index in [2.05, 4.69) is 22.0 Å². The molecule has 1 amide bonds. The Morgan fingerprint density at radius 3 is 2.34 bits per heavy atom. The average molecular weight is 490 g/mol. The Hall–Kier alpha value is -3.49. The summed E-state index contributed by atoms with van der Waals surface area (Å²) in [5.41, 5.74) is 3.26. The summed E-state index contributed by atoms with van der Waals surface area (Å²) >= 11 is 0. The number of aryl methyl sites for hydroxylation is 1. The molecule has 8 heteroatoms. The molecule has 3 aromatic rings. The van der Waals surface area contributed by atoms with Gasteiger partial charge in [-0.2, -0.15) is 0 Å². The van der Waals surface area contributed by atoms with Crippen LogP contribution < -0.4 is 10.2 Å². The molecule has 35 heavy (non-hydrogen) atoms. The molecule has 0 unspecified atom stereocenters. The van der Waals surface area contributed by atoms with Crippen LogP contribution in [0, 0.1) is 6.92 Å². The molecule has 0 atom stereocenters. The number of hydrogen-bond donors (Lipinski definition) is 1. The van der Waals surface area contributed by atoms with E-state index in [-0.39, 0.29) is 32.3 Å². The Kier molecular flexibility index (Phi) is 5.94. The molecular formula is C27H27N3O4S. The minimum atomic E-state index is -3.90. The lowest BCUT2D eigenvalue weighted by atomic mass is 10.0. The summed E-state index contributed by atoms with van der Waals surface area (Å²) in [7, 11) is -3.90. The van der Waals surface area contributed by atoms with Gasteiger partial charge in [-0.1, -0.05) is 19.1 Å². The van der Waals surface area contributed by atoms with Crippen molar-refractivity contribution < 1.29 is 18.0 Å². The number of nitrogens with zero attached hydrogens (tertiary/aromatic N) is 2. The van der Waals surface area contributed by atoms with Crippen molar-refractivity contribution in [3.63, 3.8) is 0 Å². The van der Waals surface area contributed by atoms with Crippen LogP contribution in [0.2, 0.25) is 0 Å². The van der Waals surface area contributed by atoms with Crippen molar-refractivity contribution in [2.24, 2.45) is 0 Å². The number of piperazine rings is 1. The Morgan fingerprint density at radius 1 is 0.914 bits per heavy atom. The van der Waals surface area contributed by atoms with Gasteiger partial charge in [0.05, 0.1) is 9.79 Å². The third kappa shape index (κ3) is 4.13. The Labute approximate surface area is 205 Å². The summed E-state index contributed by atoms with van der Waals surface area (Å²) < 4.78 is 26.3. The average Bonchev–Trinajstić information content (AvgIpc) is 2.87. The largest absolute Gasteiger partial charge is 0.369 e. The second kappa shape index (κ2) is 8.94.